The minimum absolute atomic E-state index is 0.203. The summed E-state index contributed by atoms with van der Waals surface area (Å²) in [5, 5.41) is 0. The first kappa shape index (κ1) is 12.4. The Morgan fingerprint density at radius 2 is 1.50 bits per heavy atom. The number of hydrogen-bond donors (Lipinski definition) is 1. The molecule has 0 aromatic heterocycles. The summed E-state index contributed by atoms with van der Waals surface area (Å²) >= 11 is 0. The van der Waals surface area contributed by atoms with Crippen LogP contribution in [0.25, 0.3) is 0 Å². The second-order valence-corrected chi connectivity index (χ2v) is 6.46. The topological polar surface area (TPSA) is 26.0 Å². The molecule has 2 unspecified atom stereocenters. The molecule has 2 aliphatic carbocycles. The summed E-state index contributed by atoms with van der Waals surface area (Å²) in [6, 6.07) is 0. The van der Waals surface area contributed by atoms with Crippen molar-refractivity contribution in [3.8, 4) is 0 Å². The highest BCUT2D eigenvalue weighted by Gasteiger charge is 2.35. The summed E-state index contributed by atoms with van der Waals surface area (Å²) in [6.45, 7) is 2.40. The zero-order valence-electron chi connectivity index (χ0n) is 11.0. The molecule has 2 fully saturated rings. The van der Waals surface area contributed by atoms with Gasteiger partial charge in [-0.15, -0.1) is 0 Å². The lowest BCUT2D eigenvalue weighted by Crippen LogP contribution is -2.46. The first-order chi connectivity index (χ1) is 7.71. The third-order valence-electron chi connectivity index (χ3n) is 5.11. The maximum Gasteiger partial charge on any atom is 0.0182 e. The van der Waals surface area contributed by atoms with Gasteiger partial charge in [0.2, 0.25) is 0 Å². The van der Waals surface area contributed by atoms with Crippen LogP contribution in [-0.4, -0.2) is 5.54 Å². The molecule has 1 nitrogen and oxygen atoms in total. The molecule has 94 valence electrons. The average molecular weight is 223 g/mol. The van der Waals surface area contributed by atoms with E-state index in [9.17, 15) is 0 Å². The van der Waals surface area contributed by atoms with E-state index in [4.69, 9.17) is 5.73 Å². The Balaban J connectivity index is 1.98. The van der Waals surface area contributed by atoms with Crippen molar-refractivity contribution in [2.45, 2.75) is 83.1 Å². The van der Waals surface area contributed by atoms with Crippen LogP contribution in [0.5, 0.6) is 0 Å². The van der Waals surface area contributed by atoms with E-state index >= 15 is 0 Å². The van der Waals surface area contributed by atoms with Crippen molar-refractivity contribution >= 4 is 0 Å². The van der Waals surface area contributed by atoms with E-state index in [1.807, 2.05) is 0 Å². The van der Waals surface area contributed by atoms with E-state index in [1.54, 1.807) is 0 Å². The maximum atomic E-state index is 6.77. The van der Waals surface area contributed by atoms with Crippen LogP contribution in [0.3, 0.4) is 0 Å². The van der Waals surface area contributed by atoms with E-state index in [0.717, 1.165) is 11.8 Å². The van der Waals surface area contributed by atoms with Crippen molar-refractivity contribution in [1.29, 1.82) is 0 Å². The van der Waals surface area contributed by atoms with Gasteiger partial charge in [-0.3, -0.25) is 0 Å². The molecule has 2 aliphatic rings. The smallest absolute Gasteiger partial charge is 0.0182 e. The molecule has 0 bridgehead atoms. The zero-order valence-corrected chi connectivity index (χ0v) is 11.0. The van der Waals surface area contributed by atoms with Crippen LogP contribution in [0, 0.1) is 11.8 Å². The standard InChI is InChI=1S/C15H29N/c1-13-7-6-11-15(16,12-10-13)14-8-4-2-3-5-9-14/h13-14H,2-12,16H2,1H3. The van der Waals surface area contributed by atoms with Gasteiger partial charge < -0.3 is 5.73 Å². The summed E-state index contributed by atoms with van der Waals surface area (Å²) in [4.78, 5) is 0. The highest BCUT2D eigenvalue weighted by molar-refractivity contribution is 4.93. The molecule has 2 N–H and O–H groups in total. The lowest BCUT2D eigenvalue weighted by molar-refractivity contribution is 0.213. The maximum absolute atomic E-state index is 6.77. The van der Waals surface area contributed by atoms with Gasteiger partial charge in [-0.2, -0.15) is 0 Å². The van der Waals surface area contributed by atoms with Gasteiger partial charge in [0.05, 0.1) is 0 Å². The highest BCUT2D eigenvalue weighted by Crippen LogP contribution is 2.39. The SMILES string of the molecule is CC1CCCC(N)(C2CCCCCC2)CC1. The quantitative estimate of drug-likeness (QED) is 0.661. The van der Waals surface area contributed by atoms with Crippen LogP contribution in [0.15, 0.2) is 0 Å². The Bertz CT molecular complexity index is 205. The second-order valence-electron chi connectivity index (χ2n) is 6.46. The second kappa shape index (κ2) is 5.53. The van der Waals surface area contributed by atoms with Crippen LogP contribution >= 0.6 is 0 Å². The number of hydrogen-bond acceptors (Lipinski definition) is 1. The van der Waals surface area contributed by atoms with Crippen molar-refractivity contribution in [2.24, 2.45) is 17.6 Å². The molecule has 0 amide bonds. The Morgan fingerprint density at radius 1 is 0.812 bits per heavy atom. The molecule has 0 aliphatic heterocycles. The molecule has 2 rings (SSSR count). The van der Waals surface area contributed by atoms with E-state index in [2.05, 4.69) is 6.92 Å². The van der Waals surface area contributed by atoms with E-state index < -0.39 is 0 Å². The van der Waals surface area contributed by atoms with Gasteiger partial charge in [0.25, 0.3) is 0 Å². The van der Waals surface area contributed by atoms with Gasteiger partial charge >= 0.3 is 0 Å². The fourth-order valence-electron chi connectivity index (χ4n) is 3.83. The normalized spacial score (nSPS) is 39.0. The van der Waals surface area contributed by atoms with Crippen LogP contribution in [0.4, 0.5) is 0 Å². The summed E-state index contributed by atoms with van der Waals surface area (Å²) in [5.74, 6) is 1.75. The average Bonchev–Trinajstić information content (AvgIpc) is 2.62. The number of rotatable bonds is 1. The van der Waals surface area contributed by atoms with Gasteiger partial charge in [0.1, 0.15) is 0 Å². The van der Waals surface area contributed by atoms with E-state index in [0.29, 0.717) is 0 Å². The molecule has 0 aromatic carbocycles. The monoisotopic (exact) mass is 223 g/mol. The summed E-state index contributed by atoms with van der Waals surface area (Å²) in [7, 11) is 0. The fraction of sp³-hybridized carbons (Fsp3) is 1.00. The Morgan fingerprint density at radius 3 is 2.19 bits per heavy atom. The molecule has 1 heteroatoms. The van der Waals surface area contributed by atoms with Gasteiger partial charge in [-0.1, -0.05) is 45.4 Å². The van der Waals surface area contributed by atoms with Gasteiger partial charge in [0.15, 0.2) is 0 Å². The van der Waals surface area contributed by atoms with Crippen molar-refractivity contribution in [1.82, 2.24) is 0 Å². The zero-order chi connectivity index (χ0) is 11.4. The first-order valence-corrected chi connectivity index (χ1v) is 7.49. The molecule has 0 radical (unpaired) electrons. The molecular formula is C15H29N. The van der Waals surface area contributed by atoms with E-state index in [1.165, 1.54) is 70.6 Å². The van der Waals surface area contributed by atoms with Crippen LogP contribution in [0.2, 0.25) is 0 Å². The van der Waals surface area contributed by atoms with Gasteiger partial charge in [-0.05, 0) is 43.9 Å². The molecule has 2 saturated carbocycles. The van der Waals surface area contributed by atoms with E-state index in [-0.39, 0.29) is 5.54 Å². The molecule has 0 heterocycles. The van der Waals surface area contributed by atoms with Gasteiger partial charge in [0, 0.05) is 5.54 Å². The molecule has 0 saturated heterocycles. The molecule has 2 atom stereocenters. The van der Waals surface area contributed by atoms with Gasteiger partial charge in [-0.25, -0.2) is 0 Å². The lowest BCUT2D eigenvalue weighted by Gasteiger charge is -2.37. The minimum atomic E-state index is 0.203. The first-order valence-electron chi connectivity index (χ1n) is 7.49. The van der Waals surface area contributed by atoms with Crippen molar-refractivity contribution < 1.29 is 0 Å². The minimum Gasteiger partial charge on any atom is -0.325 e. The largest absolute Gasteiger partial charge is 0.325 e. The molecule has 0 spiro atoms. The summed E-state index contributed by atoms with van der Waals surface area (Å²) in [6.07, 6.45) is 15.3. The summed E-state index contributed by atoms with van der Waals surface area (Å²) < 4.78 is 0. The third-order valence-corrected chi connectivity index (χ3v) is 5.11. The Hall–Kier alpha value is -0.0400. The van der Waals surface area contributed by atoms with Crippen molar-refractivity contribution in [3.63, 3.8) is 0 Å². The van der Waals surface area contributed by atoms with Crippen molar-refractivity contribution in [2.75, 3.05) is 0 Å². The number of nitrogens with two attached hydrogens (primary N) is 1. The van der Waals surface area contributed by atoms with Crippen LogP contribution < -0.4 is 5.73 Å². The molecule has 16 heavy (non-hydrogen) atoms. The predicted octanol–water partition coefficient (Wildman–Crippen LogP) is 4.25. The van der Waals surface area contributed by atoms with Crippen LogP contribution in [0.1, 0.15) is 77.6 Å². The third kappa shape index (κ3) is 3.00. The molecular weight excluding hydrogens is 194 g/mol. The Kier molecular flexibility index (Phi) is 4.29. The lowest BCUT2D eigenvalue weighted by atomic mass is 9.75. The molecule has 0 aromatic rings. The van der Waals surface area contributed by atoms with Crippen LogP contribution in [-0.2, 0) is 0 Å². The van der Waals surface area contributed by atoms with Crippen molar-refractivity contribution in [3.05, 3.63) is 0 Å². The summed E-state index contributed by atoms with van der Waals surface area (Å²) in [5.41, 5.74) is 6.97. The highest BCUT2D eigenvalue weighted by atomic mass is 14.8. The predicted molar refractivity (Wildman–Crippen MR) is 70.4 cm³/mol. The Labute approximate surface area is 101 Å². The fourth-order valence-corrected chi connectivity index (χ4v) is 3.83.